The number of amides is 1. The number of hydrogen-bond donors (Lipinski definition) is 2. The molecule has 0 aliphatic carbocycles. The van der Waals surface area contributed by atoms with Crippen LogP contribution >= 0.6 is 11.8 Å². The topological polar surface area (TPSA) is 75.6 Å². The zero-order valence-electron chi connectivity index (χ0n) is 14.5. The van der Waals surface area contributed by atoms with E-state index in [1.807, 2.05) is 30.3 Å². The quantitative estimate of drug-likeness (QED) is 0.667. The maximum Gasteiger partial charge on any atom is 0.303 e. The molecule has 1 aliphatic heterocycles. The van der Waals surface area contributed by atoms with Crippen molar-refractivity contribution in [2.45, 2.75) is 50.7 Å². The Hall–Kier alpha value is -1.53. The average Bonchev–Trinajstić information content (AvgIpc) is 2.61. The molecule has 25 heavy (non-hydrogen) atoms. The Bertz CT molecular complexity index is 531. The van der Waals surface area contributed by atoms with Crippen LogP contribution in [0.5, 0.6) is 0 Å². The van der Waals surface area contributed by atoms with Crippen molar-refractivity contribution in [1.82, 2.24) is 5.32 Å². The van der Waals surface area contributed by atoms with Crippen molar-refractivity contribution in [3.05, 3.63) is 35.9 Å². The molecule has 1 saturated heterocycles. The predicted octanol–water partition coefficient (Wildman–Crippen LogP) is 2.88. The first kappa shape index (κ1) is 19.8. The second-order valence-electron chi connectivity index (χ2n) is 6.39. The number of benzene rings is 1. The van der Waals surface area contributed by atoms with Gasteiger partial charge in [0.1, 0.15) is 0 Å². The van der Waals surface area contributed by atoms with Gasteiger partial charge in [0.05, 0.1) is 11.9 Å². The van der Waals surface area contributed by atoms with Gasteiger partial charge in [-0.15, -0.1) is 11.8 Å². The molecule has 5 nitrogen and oxygen atoms in total. The smallest absolute Gasteiger partial charge is 0.303 e. The molecule has 0 aromatic heterocycles. The van der Waals surface area contributed by atoms with E-state index >= 15 is 0 Å². The molecule has 2 N–H and O–H groups in total. The lowest BCUT2D eigenvalue weighted by Gasteiger charge is -2.22. The van der Waals surface area contributed by atoms with Gasteiger partial charge in [0, 0.05) is 24.8 Å². The second kappa shape index (κ2) is 11.2. The van der Waals surface area contributed by atoms with Crippen LogP contribution in [-0.4, -0.2) is 47.2 Å². The Morgan fingerprint density at radius 2 is 2.08 bits per heavy atom. The minimum atomic E-state index is -0.837. The molecule has 1 aromatic rings. The number of thioether (sulfide) groups is 1. The summed E-state index contributed by atoms with van der Waals surface area (Å²) in [4.78, 5) is 23.1. The van der Waals surface area contributed by atoms with Gasteiger partial charge in [-0.1, -0.05) is 30.3 Å². The van der Waals surface area contributed by atoms with Crippen molar-refractivity contribution >= 4 is 23.6 Å². The first-order chi connectivity index (χ1) is 12.1. The first-order valence-electron chi connectivity index (χ1n) is 8.88. The molecule has 2 unspecified atom stereocenters. The third-order valence-corrected chi connectivity index (χ3v) is 5.28. The molecule has 0 radical (unpaired) electrons. The highest BCUT2D eigenvalue weighted by molar-refractivity contribution is 7.99. The highest BCUT2D eigenvalue weighted by Crippen LogP contribution is 2.17. The fourth-order valence-electron chi connectivity index (χ4n) is 2.91. The molecule has 1 heterocycles. The van der Waals surface area contributed by atoms with E-state index in [2.05, 4.69) is 5.32 Å². The Balaban J connectivity index is 1.75. The summed E-state index contributed by atoms with van der Waals surface area (Å²) < 4.78 is 5.67. The molecule has 0 bridgehead atoms. The molecule has 1 aliphatic rings. The maximum atomic E-state index is 12.2. The SMILES string of the molecule is O=C(O)CCC(Cc1ccccc1)NC(=O)CSCC1CCCCO1. The molecule has 6 heteroatoms. The summed E-state index contributed by atoms with van der Waals surface area (Å²) in [5, 5.41) is 11.9. The van der Waals surface area contributed by atoms with Crippen molar-refractivity contribution < 1.29 is 19.4 Å². The number of carboxylic acids is 1. The number of nitrogens with one attached hydrogen (secondary N) is 1. The van der Waals surface area contributed by atoms with Gasteiger partial charge in [-0.05, 0) is 37.7 Å². The van der Waals surface area contributed by atoms with E-state index in [4.69, 9.17) is 9.84 Å². The molecule has 1 fully saturated rings. The van der Waals surface area contributed by atoms with E-state index in [-0.39, 0.29) is 24.5 Å². The number of aliphatic carboxylic acids is 1. The molecular weight excluding hydrogens is 338 g/mol. The lowest BCUT2D eigenvalue weighted by molar-refractivity contribution is -0.137. The Labute approximate surface area is 153 Å². The van der Waals surface area contributed by atoms with Crippen LogP contribution in [0.4, 0.5) is 0 Å². The standard InChI is InChI=1S/C19H27NO4S/c21-18(14-25-13-17-8-4-5-11-24-17)20-16(9-10-19(22)23)12-15-6-2-1-3-7-15/h1-3,6-7,16-17H,4-5,8-14H2,(H,20,21)(H,22,23). The summed E-state index contributed by atoms with van der Waals surface area (Å²) in [5.74, 6) is 0.354. The number of rotatable bonds is 10. The predicted molar refractivity (Wildman–Crippen MR) is 99.9 cm³/mol. The van der Waals surface area contributed by atoms with E-state index in [0.717, 1.165) is 30.8 Å². The number of carbonyl (C=O) groups excluding carboxylic acids is 1. The van der Waals surface area contributed by atoms with Gasteiger partial charge in [0.15, 0.2) is 0 Å². The molecular formula is C19H27NO4S. The zero-order chi connectivity index (χ0) is 17.9. The second-order valence-corrected chi connectivity index (χ2v) is 7.42. The third kappa shape index (κ3) is 8.40. The van der Waals surface area contributed by atoms with E-state index in [1.54, 1.807) is 11.8 Å². The third-order valence-electron chi connectivity index (χ3n) is 4.21. The lowest BCUT2D eigenvalue weighted by atomic mass is 10.0. The van der Waals surface area contributed by atoms with Crippen molar-refractivity contribution in [2.24, 2.45) is 0 Å². The van der Waals surface area contributed by atoms with Crippen molar-refractivity contribution in [3.8, 4) is 0 Å². The number of ether oxygens (including phenoxy) is 1. The molecule has 138 valence electrons. The van der Waals surface area contributed by atoms with Crippen molar-refractivity contribution in [2.75, 3.05) is 18.1 Å². The van der Waals surface area contributed by atoms with Gasteiger partial charge in [-0.25, -0.2) is 0 Å². The molecule has 0 saturated carbocycles. The fraction of sp³-hybridized carbons (Fsp3) is 0.579. The molecule has 2 atom stereocenters. The molecule has 0 spiro atoms. The van der Waals surface area contributed by atoms with Crippen LogP contribution in [0.2, 0.25) is 0 Å². The minimum absolute atomic E-state index is 0.0351. The van der Waals surface area contributed by atoms with Crippen molar-refractivity contribution in [3.63, 3.8) is 0 Å². The highest BCUT2D eigenvalue weighted by Gasteiger charge is 2.17. The normalized spacial score (nSPS) is 18.5. The van der Waals surface area contributed by atoms with Crippen LogP contribution in [0, 0.1) is 0 Å². The number of carbonyl (C=O) groups is 2. The summed E-state index contributed by atoms with van der Waals surface area (Å²) in [6, 6.07) is 9.68. The monoisotopic (exact) mass is 365 g/mol. The highest BCUT2D eigenvalue weighted by atomic mass is 32.2. The van der Waals surface area contributed by atoms with E-state index in [0.29, 0.717) is 18.6 Å². The van der Waals surface area contributed by atoms with Crippen LogP contribution in [0.3, 0.4) is 0 Å². The summed E-state index contributed by atoms with van der Waals surface area (Å²) >= 11 is 1.59. The van der Waals surface area contributed by atoms with E-state index in [1.165, 1.54) is 6.42 Å². The zero-order valence-corrected chi connectivity index (χ0v) is 15.3. The van der Waals surface area contributed by atoms with Gasteiger partial charge in [0.25, 0.3) is 0 Å². The van der Waals surface area contributed by atoms with Crippen molar-refractivity contribution in [1.29, 1.82) is 0 Å². The maximum absolute atomic E-state index is 12.2. The van der Waals surface area contributed by atoms with Crippen LogP contribution in [0.15, 0.2) is 30.3 Å². The van der Waals surface area contributed by atoms with Crippen LogP contribution in [-0.2, 0) is 20.7 Å². The average molecular weight is 365 g/mol. The van der Waals surface area contributed by atoms with Crippen LogP contribution < -0.4 is 5.32 Å². The fourth-order valence-corrected chi connectivity index (χ4v) is 3.83. The summed E-state index contributed by atoms with van der Waals surface area (Å²) in [5.41, 5.74) is 1.10. The van der Waals surface area contributed by atoms with Gasteiger partial charge < -0.3 is 15.2 Å². The Morgan fingerprint density at radius 1 is 1.28 bits per heavy atom. The number of carboxylic acid groups (broad SMARTS) is 1. The summed E-state index contributed by atoms with van der Waals surface area (Å²) in [6.45, 7) is 0.825. The van der Waals surface area contributed by atoms with Crippen LogP contribution in [0.25, 0.3) is 0 Å². The summed E-state index contributed by atoms with van der Waals surface area (Å²) in [7, 11) is 0. The minimum Gasteiger partial charge on any atom is -0.481 e. The molecule has 1 aromatic carbocycles. The van der Waals surface area contributed by atoms with Gasteiger partial charge in [0.2, 0.25) is 5.91 Å². The number of hydrogen-bond acceptors (Lipinski definition) is 4. The first-order valence-corrected chi connectivity index (χ1v) is 10.0. The van der Waals surface area contributed by atoms with Gasteiger partial charge in [-0.2, -0.15) is 0 Å². The van der Waals surface area contributed by atoms with E-state index in [9.17, 15) is 9.59 Å². The van der Waals surface area contributed by atoms with Gasteiger partial charge >= 0.3 is 5.97 Å². The van der Waals surface area contributed by atoms with Gasteiger partial charge in [-0.3, -0.25) is 9.59 Å². The Morgan fingerprint density at radius 3 is 2.76 bits per heavy atom. The largest absolute Gasteiger partial charge is 0.481 e. The van der Waals surface area contributed by atoms with E-state index < -0.39 is 5.97 Å². The summed E-state index contributed by atoms with van der Waals surface area (Å²) in [6.07, 6.45) is 4.81. The Kier molecular flexibility index (Phi) is 8.83. The molecule has 1 amide bonds. The van der Waals surface area contributed by atoms with Crippen LogP contribution in [0.1, 0.15) is 37.7 Å². The lowest BCUT2D eigenvalue weighted by Crippen LogP contribution is -2.38. The molecule has 2 rings (SSSR count).